The molecule has 0 heterocycles. The van der Waals surface area contributed by atoms with Crippen molar-refractivity contribution in [2.75, 3.05) is 26.1 Å². The van der Waals surface area contributed by atoms with Gasteiger partial charge in [-0.15, -0.1) is 0 Å². The number of carbonyl (C=O) groups is 1. The van der Waals surface area contributed by atoms with E-state index in [1.165, 1.54) is 14.2 Å². The van der Waals surface area contributed by atoms with E-state index in [9.17, 15) is 4.79 Å². The van der Waals surface area contributed by atoms with Crippen molar-refractivity contribution in [2.45, 2.75) is 0 Å². The van der Waals surface area contributed by atoms with Crippen molar-refractivity contribution in [3.63, 3.8) is 0 Å². The summed E-state index contributed by atoms with van der Waals surface area (Å²) in [4.78, 5) is 12.1. The van der Waals surface area contributed by atoms with Gasteiger partial charge in [0.15, 0.2) is 6.61 Å². The lowest BCUT2D eigenvalue weighted by molar-refractivity contribution is -0.118. The molecule has 0 aliphatic heterocycles. The van der Waals surface area contributed by atoms with Crippen molar-refractivity contribution in [3.8, 4) is 17.2 Å². The van der Waals surface area contributed by atoms with E-state index in [0.717, 1.165) is 8.95 Å². The van der Waals surface area contributed by atoms with Crippen LogP contribution in [-0.4, -0.2) is 26.7 Å². The SMILES string of the molecule is COc1cc(NC(=O)COc2ccc(Br)cc2Br)c(OC)cc1Cl. The zero-order chi connectivity index (χ0) is 17.7. The van der Waals surface area contributed by atoms with Crippen LogP contribution in [0.15, 0.2) is 39.3 Å². The van der Waals surface area contributed by atoms with E-state index in [4.69, 9.17) is 25.8 Å². The third-order valence-electron chi connectivity index (χ3n) is 3.00. The van der Waals surface area contributed by atoms with E-state index in [1.54, 1.807) is 18.2 Å². The van der Waals surface area contributed by atoms with Gasteiger partial charge in [0.1, 0.15) is 17.2 Å². The fourth-order valence-corrected chi connectivity index (χ4v) is 3.27. The van der Waals surface area contributed by atoms with Gasteiger partial charge in [-0.1, -0.05) is 27.5 Å². The molecule has 0 spiro atoms. The zero-order valence-electron chi connectivity index (χ0n) is 12.9. The van der Waals surface area contributed by atoms with Crippen molar-refractivity contribution < 1.29 is 19.0 Å². The van der Waals surface area contributed by atoms with Crippen molar-refractivity contribution in [3.05, 3.63) is 44.3 Å². The second-order valence-corrected chi connectivity index (χ2v) is 6.78. The standard InChI is InChI=1S/C16H14Br2ClNO4/c1-22-14-7-12(15(23-2)6-11(14)19)20-16(21)8-24-13-4-3-9(17)5-10(13)18/h3-7H,8H2,1-2H3,(H,20,21). The molecule has 1 N–H and O–H groups in total. The van der Waals surface area contributed by atoms with E-state index < -0.39 is 0 Å². The third kappa shape index (κ3) is 4.78. The van der Waals surface area contributed by atoms with Crippen LogP contribution in [0.5, 0.6) is 17.2 Å². The fourth-order valence-electron chi connectivity index (χ4n) is 1.88. The molecule has 24 heavy (non-hydrogen) atoms. The lowest BCUT2D eigenvalue weighted by atomic mass is 10.2. The predicted molar refractivity (Wildman–Crippen MR) is 101 cm³/mol. The fraction of sp³-hybridized carbons (Fsp3) is 0.188. The van der Waals surface area contributed by atoms with E-state index in [-0.39, 0.29) is 12.5 Å². The molecule has 8 heteroatoms. The van der Waals surface area contributed by atoms with Gasteiger partial charge in [0, 0.05) is 16.6 Å². The minimum absolute atomic E-state index is 0.158. The Morgan fingerprint density at radius 1 is 1.08 bits per heavy atom. The van der Waals surface area contributed by atoms with Gasteiger partial charge in [-0.3, -0.25) is 4.79 Å². The van der Waals surface area contributed by atoms with Crippen LogP contribution in [-0.2, 0) is 4.79 Å². The summed E-state index contributed by atoms with van der Waals surface area (Å²) in [6, 6.07) is 8.58. The Kier molecular flexibility index (Phi) is 6.77. The number of rotatable bonds is 6. The minimum atomic E-state index is -0.340. The van der Waals surface area contributed by atoms with E-state index in [0.29, 0.717) is 28.0 Å². The Morgan fingerprint density at radius 2 is 1.79 bits per heavy atom. The van der Waals surface area contributed by atoms with Crippen LogP contribution in [0.1, 0.15) is 0 Å². The Morgan fingerprint density at radius 3 is 2.42 bits per heavy atom. The van der Waals surface area contributed by atoms with Gasteiger partial charge >= 0.3 is 0 Å². The number of nitrogens with one attached hydrogen (secondary N) is 1. The lowest BCUT2D eigenvalue weighted by Gasteiger charge is -2.14. The minimum Gasteiger partial charge on any atom is -0.495 e. The average Bonchev–Trinajstić information content (AvgIpc) is 2.55. The first-order chi connectivity index (χ1) is 11.4. The van der Waals surface area contributed by atoms with Crippen LogP contribution in [0, 0.1) is 0 Å². The maximum Gasteiger partial charge on any atom is 0.262 e. The number of methoxy groups -OCH3 is 2. The van der Waals surface area contributed by atoms with Gasteiger partial charge in [0.25, 0.3) is 5.91 Å². The van der Waals surface area contributed by atoms with E-state index >= 15 is 0 Å². The van der Waals surface area contributed by atoms with Gasteiger partial charge in [-0.05, 0) is 34.1 Å². The molecule has 0 unspecified atom stereocenters. The Balaban J connectivity index is 2.06. The van der Waals surface area contributed by atoms with Crippen LogP contribution >= 0.6 is 43.5 Å². The van der Waals surface area contributed by atoms with Crippen LogP contribution in [0.25, 0.3) is 0 Å². The normalized spacial score (nSPS) is 10.2. The molecule has 2 rings (SSSR count). The quantitative estimate of drug-likeness (QED) is 0.641. The molecule has 0 aliphatic rings. The van der Waals surface area contributed by atoms with Gasteiger partial charge < -0.3 is 19.5 Å². The molecule has 0 fully saturated rings. The van der Waals surface area contributed by atoms with E-state index in [2.05, 4.69) is 37.2 Å². The first kappa shape index (κ1) is 18.9. The molecular formula is C16H14Br2ClNO4. The van der Waals surface area contributed by atoms with Gasteiger partial charge in [0.05, 0.1) is 29.4 Å². The highest BCUT2D eigenvalue weighted by Gasteiger charge is 2.13. The summed E-state index contributed by atoms with van der Waals surface area (Å²) in [5.74, 6) is 1.09. The van der Waals surface area contributed by atoms with Crippen LogP contribution in [0.2, 0.25) is 5.02 Å². The second kappa shape index (κ2) is 8.60. The van der Waals surface area contributed by atoms with Gasteiger partial charge in [0.2, 0.25) is 0 Å². The first-order valence-electron chi connectivity index (χ1n) is 6.73. The summed E-state index contributed by atoms with van der Waals surface area (Å²) in [6.07, 6.45) is 0. The number of amides is 1. The maximum atomic E-state index is 12.1. The number of anilines is 1. The Hall–Kier alpha value is -1.44. The molecule has 0 atom stereocenters. The van der Waals surface area contributed by atoms with Gasteiger partial charge in [-0.25, -0.2) is 0 Å². The highest BCUT2D eigenvalue weighted by Crippen LogP contribution is 2.36. The van der Waals surface area contributed by atoms with E-state index in [1.807, 2.05) is 12.1 Å². The highest BCUT2D eigenvalue weighted by molar-refractivity contribution is 9.11. The summed E-state index contributed by atoms with van der Waals surface area (Å²) < 4.78 is 17.5. The van der Waals surface area contributed by atoms with Crippen LogP contribution in [0.4, 0.5) is 5.69 Å². The molecule has 1 amide bonds. The molecule has 2 aromatic carbocycles. The number of halogens is 3. The summed E-state index contributed by atoms with van der Waals surface area (Å²) in [7, 11) is 2.98. The molecule has 0 radical (unpaired) electrons. The number of hydrogen-bond acceptors (Lipinski definition) is 4. The number of ether oxygens (including phenoxy) is 3. The summed E-state index contributed by atoms with van der Waals surface area (Å²) in [5, 5.41) is 3.10. The van der Waals surface area contributed by atoms with Crippen LogP contribution in [0.3, 0.4) is 0 Å². The smallest absolute Gasteiger partial charge is 0.262 e. The topological polar surface area (TPSA) is 56.8 Å². The average molecular weight is 480 g/mol. The monoisotopic (exact) mass is 477 g/mol. The molecule has 5 nitrogen and oxygen atoms in total. The molecular weight excluding hydrogens is 465 g/mol. The summed E-state index contributed by atoms with van der Waals surface area (Å²) in [6.45, 7) is -0.158. The zero-order valence-corrected chi connectivity index (χ0v) is 16.8. The molecule has 0 saturated heterocycles. The Bertz CT molecular complexity index is 755. The molecule has 0 bridgehead atoms. The summed E-state index contributed by atoms with van der Waals surface area (Å²) in [5.41, 5.74) is 0.447. The number of benzene rings is 2. The third-order valence-corrected chi connectivity index (χ3v) is 4.41. The second-order valence-electron chi connectivity index (χ2n) is 4.60. The van der Waals surface area contributed by atoms with Gasteiger partial charge in [-0.2, -0.15) is 0 Å². The first-order valence-corrected chi connectivity index (χ1v) is 8.70. The van der Waals surface area contributed by atoms with Crippen molar-refractivity contribution >= 4 is 55.1 Å². The summed E-state index contributed by atoms with van der Waals surface area (Å²) >= 11 is 12.8. The highest BCUT2D eigenvalue weighted by atomic mass is 79.9. The van der Waals surface area contributed by atoms with Crippen molar-refractivity contribution in [2.24, 2.45) is 0 Å². The molecule has 2 aromatic rings. The molecule has 0 aromatic heterocycles. The number of carbonyl (C=O) groups excluding carboxylic acids is 1. The maximum absolute atomic E-state index is 12.1. The predicted octanol–water partition coefficient (Wildman–Crippen LogP) is 4.90. The molecule has 0 saturated carbocycles. The van der Waals surface area contributed by atoms with Crippen LogP contribution < -0.4 is 19.5 Å². The van der Waals surface area contributed by atoms with Crippen molar-refractivity contribution in [1.82, 2.24) is 0 Å². The number of hydrogen-bond donors (Lipinski definition) is 1. The Labute approximate surface area is 161 Å². The lowest BCUT2D eigenvalue weighted by Crippen LogP contribution is -2.20. The van der Waals surface area contributed by atoms with Crippen molar-refractivity contribution in [1.29, 1.82) is 0 Å². The molecule has 0 aliphatic carbocycles. The largest absolute Gasteiger partial charge is 0.495 e. The molecule has 128 valence electrons.